The Morgan fingerprint density at radius 1 is 1.11 bits per heavy atom. The summed E-state index contributed by atoms with van der Waals surface area (Å²) in [5.74, 6) is 0.436. The van der Waals surface area contributed by atoms with Crippen molar-refractivity contribution < 1.29 is 14.4 Å². The van der Waals surface area contributed by atoms with Crippen LogP contribution in [0.1, 0.15) is 61.4 Å². The lowest BCUT2D eigenvalue weighted by atomic mass is 9.97. The van der Waals surface area contributed by atoms with Gasteiger partial charge < -0.3 is 15.1 Å². The molecule has 2 aliphatic heterocycles. The highest BCUT2D eigenvalue weighted by molar-refractivity contribution is 5.94. The Morgan fingerprint density at radius 2 is 1.78 bits per heavy atom. The van der Waals surface area contributed by atoms with Crippen LogP contribution in [0.25, 0.3) is 0 Å². The van der Waals surface area contributed by atoms with Crippen LogP contribution in [0.3, 0.4) is 0 Å². The van der Waals surface area contributed by atoms with Crippen LogP contribution in [0, 0.1) is 0 Å². The van der Waals surface area contributed by atoms with Crippen LogP contribution in [0.5, 0.6) is 0 Å². The Bertz CT molecular complexity index is 701. The summed E-state index contributed by atoms with van der Waals surface area (Å²) in [5, 5.41) is 2.74. The molecule has 2 unspecified atom stereocenters. The molecule has 0 aromatic heterocycles. The van der Waals surface area contributed by atoms with Crippen LogP contribution in [-0.2, 0) is 9.59 Å². The zero-order valence-electron chi connectivity index (χ0n) is 16.2. The Balaban J connectivity index is 1.59. The van der Waals surface area contributed by atoms with Crippen molar-refractivity contribution >= 4 is 17.7 Å². The first-order chi connectivity index (χ1) is 13.0. The third-order valence-corrected chi connectivity index (χ3v) is 5.73. The van der Waals surface area contributed by atoms with E-state index in [1.165, 1.54) is 5.56 Å². The molecule has 3 amide bonds. The van der Waals surface area contributed by atoms with Crippen molar-refractivity contribution in [3.05, 3.63) is 35.4 Å². The lowest BCUT2D eigenvalue weighted by Gasteiger charge is -2.24. The number of nitrogens with zero attached hydrogens (tertiary/aromatic N) is 2. The molecule has 2 atom stereocenters. The average molecular weight is 371 g/mol. The fraction of sp³-hybridized carbons (Fsp3) is 0.571. The third-order valence-electron chi connectivity index (χ3n) is 5.73. The quantitative estimate of drug-likeness (QED) is 0.882. The molecule has 1 N–H and O–H groups in total. The van der Waals surface area contributed by atoms with Gasteiger partial charge in [-0.25, -0.2) is 0 Å². The van der Waals surface area contributed by atoms with E-state index >= 15 is 0 Å². The van der Waals surface area contributed by atoms with E-state index in [1.807, 2.05) is 29.2 Å². The molecular weight excluding hydrogens is 342 g/mol. The first kappa shape index (κ1) is 19.4. The fourth-order valence-electron chi connectivity index (χ4n) is 3.73. The zero-order chi connectivity index (χ0) is 19.4. The summed E-state index contributed by atoms with van der Waals surface area (Å²) < 4.78 is 0. The van der Waals surface area contributed by atoms with Gasteiger partial charge in [-0.15, -0.1) is 0 Å². The van der Waals surface area contributed by atoms with E-state index in [9.17, 15) is 14.4 Å². The van der Waals surface area contributed by atoms with Crippen LogP contribution in [0.4, 0.5) is 0 Å². The number of carbonyl (C=O) groups excluding carboxylic acids is 3. The molecule has 2 aliphatic rings. The van der Waals surface area contributed by atoms with Crippen molar-refractivity contribution in [2.24, 2.45) is 0 Å². The highest BCUT2D eigenvalue weighted by atomic mass is 16.2. The summed E-state index contributed by atoms with van der Waals surface area (Å²) >= 11 is 0. The minimum absolute atomic E-state index is 0.0203. The molecule has 3 rings (SSSR count). The molecule has 0 spiro atoms. The van der Waals surface area contributed by atoms with Crippen molar-refractivity contribution in [3.63, 3.8) is 0 Å². The molecule has 1 aromatic rings. The highest BCUT2D eigenvalue weighted by Crippen LogP contribution is 2.20. The Kier molecular flexibility index (Phi) is 6.14. The maximum absolute atomic E-state index is 12.8. The topological polar surface area (TPSA) is 69.7 Å². The van der Waals surface area contributed by atoms with Crippen molar-refractivity contribution in [2.75, 3.05) is 26.2 Å². The average Bonchev–Trinajstić information content (AvgIpc) is 2.98. The van der Waals surface area contributed by atoms with Crippen LogP contribution in [0.2, 0.25) is 0 Å². The van der Waals surface area contributed by atoms with E-state index in [0.717, 1.165) is 12.8 Å². The highest BCUT2D eigenvalue weighted by Gasteiger charge is 2.32. The SMILES string of the molecule is CCC(C)c1ccc(C(=O)N2CCCN(C(=O)C3CCC(=O)N3)CC2)cc1. The Hall–Kier alpha value is -2.37. The normalized spacial score (nSPS) is 21.6. The van der Waals surface area contributed by atoms with E-state index in [2.05, 4.69) is 19.2 Å². The fourth-order valence-corrected chi connectivity index (χ4v) is 3.73. The second-order valence-electron chi connectivity index (χ2n) is 7.56. The molecule has 0 bridgehead atoms. The molecular formula is C21H29N3O3. The van der Waals surface area contributed by atoms with Crippen LogP contribution < -0.4 is 5.32 Å². The predicted molar refractivity (Wildman–Crippen MR) is 103 cm³/mol. The van der Waals surface area contributed by atoms with Gasteiger partial charge in [0.25, 0.3) is 5.91 Å². The van der Waals surface area contributed by atoms with Crippen molar-refractivity contribution in [2.45, 2.75) is 51.5 Å². The number of hydrogen-bond donors (Lipinski definition) is 1. The number of nitrogens with one attached hydrogen (secondary N) is 1. The minimum Gasteiger partial charge on any atom is -0.344 e. The largest absolute Gasteiger partial charge is 0.344 e. The van der Waals surface area contributed by atoms with Gasteiger partial charge in [-0.05, 0) is 42.9 Å². The minimum atomic E-state index is -0.396. The molecule has 0 radical (unpaired) electrons. The smallest absolute Gasteiger partial charge is 0.253 e. The van der Waals surface area contributed by atoms with E-state index in [1.54, 1.807) is 4.90 Å². The summed E-state index contributed by atoms with van der Waals surface area (Å²) in [6.45, 7) is 6.66. The van der Waals surface area contributed by atoms with E-state index < -0.39 is 6.04 Å². The molecule has 2 saturated heterocycles. The summed E-state index contributed by atoms with van der Waals surface area (Å²) in [4.78, 5) is 40.4. The van der Waals surface area contributed by atoms with E-state index in [0.29, 0.717) is 50.5 Å². The molecule has 27 heavy (non-hydrogen) atoms. The van der Waals surface area contributed by atoms with Gasteiger partial charge in [-0.3, -0.25) is 14.4 Å². The van der Waals surface area contributed by atoms with Crippen LogP contribution in [0.15, 0.2) is 24.3 Å². The van der Waals surface area contributed by atoms with Crippen molar-refractivity contribution in [1.29, 1.82) is 0 Å². The van der Waals surface area contributed by atoms with Gasteiger partial charge in [0.15, 0.2) is 0 Å². The molecule has 0 aliphatic carbocycles. The van der Waals surface area contributed by atoms with Gasteiger partial charge in [0, 0.05) is 38.2 Å². The van der Waals surface area contributed by atoms with E-state index in [4.69, 9.17) is 0 Å². The third kappa shape index (κ3) is 4.49. The molecule has 6 heteroatoms. The number of benzene rings is 1. The van der Waals surface area contributed by atoms with Crippen LogP contribution in [-0.4, -0.2) is 59.7 Å². The first-order valence-electron chi connectivity index (χ1n) is 9.97. The molecule has 6 nitrogen and oxygen atoms in total. The lowest BCUT2D eigenvalue weighted by molar-refractivity contribution is -0.134. The number of rotatable bonds is 4. The summed E-state index contributed by atoms with van der Waals surface area (Å²) in [7, 11) is 0. The van der Waals surface area contributed by atoms with Crippen LogP contribution >= 0.6 is 0 Å². The first-order valence-corrected chi connectivity index (χ1v) is 9.97. The second-order valence-corrected chi connectivity index (χ2v) is 7.56. The van der Waals surface area contributed by atoms with Gasteiger partial charge in [0.05, 0.1) is 0 Å². The number of hydrogen-bond acceptors (Lipinski definition) is 3. The maximum atomic E-state index is 12.8. The standard InChI is InChI=1S/C21H29N3O3/c1-3-15(2)16-5-7-17(8-6-16)20(26)23-11-4-12-24(14-13-23)21(27)18-9-10-19(25)22-18/h5-8,15,18H,3-4,9-14H2,1-2H3,(H,22,25). The molecule has 2 fully saturated rings. The molecule has 2 heterocycles. The van der Waals surface area contributed by atoms with Gasteiger partial charge in [0.1, 0.15) is 6.04 Å². The molecule has 0 saturated carbocycles. The molecule has 146 valence electrons. The maximum Gasteiger partial charge on any atom is 0.253 e. The predicted octanol–water partition coefficient (Wildman–Crippen LogP) is 2.15. The lowest BCUT2D eigenvalue weighted by Crippen LogP contribution is -2.46. The summed E-state index contributed by atoms with van der Waals surface area (Å²) in [6, 6.07) is 7.50. The summed E-state index contributed by atoms with van der Waals surface area (Å²) in [6.07, 6.45) is 2.81. The van der Waals surface area contributed by atoms with Crippen molar-refractivity contribution in [1.82, 2.24) is 15.1 Å². The molecule has 1 aromatic carbocycles. The summed E-state index contributed by atoms with van der Waals surface area (Å²) in [5.41, 5.74) is 1.95. The Morgan fingerprint density at radius 3 is 2.41 bits per heavy atom. The number of carbonyl (C=O) groups is 3. The van der Waals surface area contributed by atoms with Gasteiger partial charge in [-0.2, -0.15) is 0 Å². The van der Waals surface area contributed by atoms with Gasteiger partial charge in [0.2, 0.25) is 11.8 Å². The van der Waals surface area contributed by atoms with Gasteiger partial charge >= 0.3 is 0 Å². The second kappa shape index (κ2) is 8.55. The van der Waals surface area contributed by atoms with E-state index in [-0.39, 0.29) is 17.7 Å². The number of amides is 3. The monoisotopic (exact) mass is 371 g/mol. The zero-order valence-corrected chi connectivity index (χ0v) is 16.2. The van der Waals surface area contributed by atoms with Crippen molar-refractivity contribution in [3.8, 4) is 0 Å². The Labute approximate surface area is 160 Å². The van der Waals surface area contributed by atoms with Gasteiger partial charge in [-0.1, -0.05) is 26.0 Å².